The molecule has 0 nitrogen and oxygen atoms in total. The van der Waals surface area contributed by atoms with Crippen LogP contribution in [0.5, 0.6) is 0 Å². The van der Waals surface area contributed by atoms with Gasteiger partial charge < -0.3 is 0 Å². The van der Waals surface area contributed by atoms with Gasteiger partial charge in [0.25, 0.3) is 0 Å². The van der Waals surface area contributed by atoms with Crippen molar-refractivity contribution in [2.75, 3.05) is 0 Å². The number of rotatable bonds is 5. The van der Waals surface area contributed by atoms with Gasteiger partial charge >= 0.3 is 0 Å². The molecule has 202 valence electrons. The van der Waals surface area contributed by atoms with Gasteiger partial charge in [-0.2, -0.15) is 0 Å². The number of halogens is 3. The summed E-state index contributed by atoms with van der Waals surface area (Å²) in [4.78, 5) is 0. The Balaban J connectivity index is 1.21. The number of benzene rings is 6. The van der Waals surface area contributed by atoms with Crippen LogP contribution >= 0.6 is 65.9 Å². The number of hydrogen-bond donors (Lipinski definition) is 0. The molecule has 1 aliphatic rings. The molecular weight excluding hydrogens is 849 g/mol. The van der Waals surface area contributed by atoms with Gasteiger partial charge in [0, 0.05) is 7.14 Å². The Labute approximate surface area is 284 Å². The molecule has 1 aliphatic heterocycles. The van der Waals surface area contributed by atoms with Gasteiger partial charge in [0.1, 0.15) is 0 Å². The van der Waals surface area contributed by atoms with Gasteiger partial charge in [-0.25, -0.2) is 0 Å². The first-order valence-corrected chi connectivity index (χ1v) is 18.4. The standard InChI is InChI=1S/C39H25I3/c40-38-13-5-12-32(21-38)28-8-3-10-30(17-28)36-20-37(25-42-24-36)31-11-4-9-29(18-31)34-19-35(23-39(41)22-34)33-15-14-26-6-1-2-7-27(26)16-33/h1-25H. The normalized spacial score (nSPS) is 12.9. The second-order valence-electron chi connectivity index (χ2n) is 10.4. The fourth-order valence-electron chi connectivity index (χ4n) is 5.41. The fourth-order valence-corrected chi connectivity index (χ4v) is 8.65. The quantitative estimate of drug-likeness (QED) is 0.151. The molecule has 0 aliphatic carbocycles. The van der Waals surface area contributed by atoms with E-state index in [-0.39, 0.29) is 20.7 Å². The predicted molar refractivity (Wildman–Crippen MR) is 208 cm³/mol. The van der Waals surface area contributed by atoms with Gasteiger partial charge in [-0.1, -0.05) is 106 Å². The maximum Gasteiger partial charge on any atom is 0.0142 e. The molecule has 7 rings (SSSR count). The van der Waals surface area contributed by atoms with Crippen LogP contribution in [0.3, 0.4) is 0 Å². The summed E-state index contributed by atoms with van der Waals surface area (Å²) in [6.45, 7) is 0. The Hall–Kier alpha value is -2.88. The van der Waals surface area contributed by atoms with E-state index in [1.54, 1.807) is 0 Å². The van der Waals surface area contributed by atoms with Crippen LogP contribution in [0.1, 0.15) is 11.1 Å². The molecule has 0 N–H and O–H groups in total. The zero-order valence-corrected chi connectivity index (χ0v) is 29.0. The van der Waals surface area contributed by atoms with Crippen molar-refractivity contribution >= 4 is 91.8 Å². The number of allylic oxidation sites excluding steroid dienone is 3. The summed E-state index contributed by atoms with van der Waals surface area (Å²) in [5.41, 5.74) is 12.7. The molecule has 0 amide bonds. The molecule has 1 heterocycles. The highest BCUT2D eigenvalue weighted by atomic mass is 127. The summed E-state index contributed by atoms with van der Waals surface area (Å²) in [6, 6.07) is 48.9. The summed E-state index contributed by atoms with van der Waals surface area (Å²) in [5, 5.41) is 2.54. The molecule has 0 saturated carbocycles. The lowest BCUT2D eigenvalue weighted by atomic mass is 9.94. The lowest BCUT2D eigenvalue weighted by Gasteiger charge is -2.13. The van der Waals surface area contributed by atoms with Crippen molar-refractivity contribution in [1.82, 2.24) is 0 Å². The monoisotopic (exact) mass is 874 g/mol. The molecule has 3 heteroatoms. The molecule has 0 saturated heterocycles. The first-order chi connectivity index (χ1) is 20.6. The molecule has 0 aromatic heterocycles. The lowest BCUT2D eigenvalue weighted by molar-refractivity contribution is 1.55. The smallest absolute Gasteiger partial charge is 0.0142 e. The minimum Gasteiger partial charge on any atom is -0.0924 e. The van der Waals surface area contributed by atoms with Gasteiger partial charge in [0.05, 0.1) is 0 Å². The van der Waals surface area contributed by atoms with E-state index in [9.17, 15) is 0 Å². The largest absolute Gasteiger partial charge is 0.0924 e. The second-order valence-corrected chi connectivity index (χ2v) is 14.8. The number of fused-ring (bicyclic) bond motifs is 1. The molecule has 6 aromatic carbocycles. The highest BCUT2D eigenvalue weighted by Gasteiger charge is 2.11. The van der Waals surface area contributed by atoms with E-state index in [4.69, 9.17) is 0 Å². The van der Waals surface area contributed by atoms with Crippen LogP contribution < -0.4 is 0 Å². The summed E-state index contributed by atoms with van der Waals surface area (Å²) >= 11 is 4.67. The van der Waals surface area contributed by atoms with Crippen molar-refractivity contribution < 1.29 is 0 Å². The third-order valence-electron chi connectivity index (χ3n) is 7.54. The van der Waals surface area contributed by atoms with Crippen molar-refractivity contribution in [1.29, 1.82) is 0 Å². The van der Waals surface area contributed by atoms with Crippen molar-refractivity contribution in [3.8, 4) is 33.4 Å². The minimum atomic E-state index is -0.167. The molecule has 0 fully saturated rings. The van der Waals surface area contributed by atoms with Gasteiger partial charge in [0.15, 0.2) is 0 Å². The van der Waals surface area contributed by atoms with Crippen LogP contribution in [0.25, 0.3) is 55.3 Å². The Morgan fingerprint density at radius 3 is 1.67 bits per heavy atom. The highest BCUT2D eigenvalue weighted by Crippen LogP contribution is 2.35. The average molecular weight is 874 g/mol. The van der Waals surface area contributed by atoms with Crippen LogP contribution in [-0.4, -0.2) is 4.01 Å². The van der Waals surface area contributed by atoms with E-state index in [1.807, 2.05) is 0 Å². The van der Waals surface area contributed by atoms with Gasteiger partial charge in [-0.05, 0) is 174 Å². The molecule has 0 radical (unpaired) electrons. The molecule has 0 bridgehead atoms. The van der Waals surface area contributed by atoms with E-state index in [2.05, 4.69) is 193 Å². The molecule has 0 unspecified atom stereocenters. The fraction of sp³-hybridized carbons (Fsp3) is 0. The van der Waals surface area contributed by atoms with E-state index in [0.29, 0.717) is 0 Å². The first kappa shape index (κ1) is 27.9. The highest BCUT2D eigenvalue weighted by molar-refractivity contribution is 14.2. The SMILES string of the molecule is Ic1cccc(-c2cccc(C3=CI=CC(c4cccc(-c5cc(I)cc(-c6ccc7ccccc7c6)c5)c4)=C3)c2)c1. The second kappa shape index (κ2) is 12.4. The van der Waals surface area contributed by atoms with Crippen molar-refractivity contribution in [3.05, 3.63) is 162 Å². The third kappa shape index (κ3) is 6.10. The van der Waals surface area contributed by atoms with Crippen LogP contribution in [0.15, 0.2) is 144 Å². The van der Waals surface area contributed by atoms with E-state index >= 15 is 0 Å². The van der Waals surface area contributed by atoms with E-state index < -0.39 is 0 Å². The van der Waals surface area contributed by atoms with Crippen molar-refractivity contribution in [2.45, 2.75) is 0 Å². The summed E-state index contributed by atoms with van der Waals surface area (Å²) in [7, 11) is 0. The van der Waals surface area contributed by atoms with Gasteiger partial charge in [0.2, 0.25) is 0 Å². The Kier molecular flexibility index (Phi) is 8.23. The average Bonchev–Trinajstić information content (AvgIpc) is 3.04. The van der Waals surface area contributed by atoms with Gasteiger partial charge in [-0.3, -0.25) is 0 Å². The Morgan fingerprint density at radius 2 is 0.929 bits per heavy atom. The van der Waals surface area contributed by atoms with E-state index in [0.717, 1.165) is 0 Å². The molecular formula is C39H25I3. The Morgan fingerprint density at radius 1 is 0.381 bits per heavy atom. The topological polar surface area (TPSA) is 0 Å². The van der Waals surface area contributed by atoms with Crippen LogP contribution in [0.2, 0.25) is 0 Å². The minimum absolute atomic E-state index is 0.167. The van der Waals surface area contributed by atoms with Crippen LogP contribution in [0, 0.1) is 7.14 Å². The zero-order chi connectivity index (χ0) is 28.5. The Bertz CT molecular complexity index is 2060. The maximum atomic E-state index is 2.45. The van der Waals surface area contributed by atoms with Crippen LogP contribution in [0.4, 0.5) is 0 Å². The molecule has 0 spiro atoms. The third-order valence-corrected chi connectivity index (χ3v) is 10.9. The molecule has 6 aromatic rings. The number of hydrogen-bond acceptors (Lipinski definition) is 0. The summed E-state index contributed by atoms with van der Waals surface area (Å²) < 4.78 is 7.38. The van der Waals surface area contributed by atoms with Crippen LogP contribution in [-0.2, 0) is 0 Å². The summed E-state index contributed by atoms with van der Waals surface area (Å²) in [6.07, 6.45) is 2.37. The predicted octanol–water partition coefficient (Wildman–Crippen LogP) is 12.3. The lowest BCUT2D eigenvalue weighted by Crippen LogP contribution is -1.92. The molecule has 42 heavy (non-hydrogen) atoms. The first-order valence-electron chi connectivity index (χ1n) is 13.7. The zero-order valence-electron chi connectivity index (χ0n) is 22.6. The van der Waals surface area contributed by atoms with Crippen molar-refractivity contribution in [3.63, 3.8) is 0 Å². The van der Waals surface area contributed by atoms with E-state index in [1.165, 1.54) is 73.6 Å². The maximum absolute atomic E-state index is 2.45. The van der Waals surface area contributed by atoms with Gasteiger partial charge in [-0.15, -0.1) is 0 Å². The molecule has 0 atom stereocenters. The summed E-state index contributed by atoms with van der Waals surface area (Å²) in [5.74, 6) is 0. The van der Waals surface area contributed by atoms with Crippen molar-refractivity contribution in [2.24, 2.45) is 0 Å².